The molecule has 0 fully saturated rings. The Hall–Kier alpha value is -1.19. The molecule has 0 saturated carbocycles. The van der Waals surface area contributed by atoms with Gasteiger partial charge in [0, 0.05) is 16.6 Å². The Bertz CT molecular complexity index is 626. The van der Waals surface area contributed by atoms with Crippen molar-refractivity contribution in [3.8, 4) is 0 Å². The van der Waals surface area contributed by atoms with E-state index in [-0.39, 0.29) is 17.9 Å². The molecule has 0 heterocycles. The first kappa shape index (κ1) is 13.8. The Labute approximate surface area is 127 Å². The molecule has 1 nitrogen and oxygen atoms in total. The number of hydrogen-bond acceptors (Lipinski definition) is 1. The molecule has 0 aliphatic heterocycles. The SMILES string of the molecule is C[C@@H](NC1CCc2c(F)cccc21)c1cccc(Br)c1. The molecule has 0 bridgehead atoms. The van der Waals surface area contributed by atoms with Gasteiger partial charge in [-0.3, -0.25) is 0 Å². The highest BCUT2D eigenvalue weighted by atomic mass is 79.9. The molecule has 3 rings (SSSR count). The smallest absolute Gasteiger partial charge is 0.126 e. The first-order valence-electron chi connectivity index (χ1n) is 6.94. The number of nitrogens with one attached hydrogen (secondary N) is 1. The van der Waals surface area contributed by atoms with E-state index >= 15 is 0 Å². The van der Waals surface area contributed by atoms with Crippen molar-refractivity contribution in [2.45, 2.75) is 31.8 Å². The summed E-state index contributed by atoms with van der Waals surface area (Å²) < 4.78 is 14.8. The molecule has 1 unspecified atom stereocenters. The van der Waals surface area contributed by atoms with Crippen LogP contribution in [0.25, 0.3) is 0 Å². The summed E-state index contributed by atoms with van der Waals surface area (Å²) >= 11 is 3.50. The lowest BCUT2D eigenvalue weighted by atomic mass is 10.0. The van der Waals surface area contributed by atoms with Crippen LogP contribution in [0.5, 0.6) is 0 Å². The second-order valence-corrected chi connectivity index (χ2v) is 6.26. The van der Waals surface area contributed by atoms with Crippen molar-refractivity contribution in [2.75, 3.05) is 0 Å². The summed E-state index contributed by atoms with van der Waals surface area (Å²) in [4.78, 5) is 0. The van der Waals surface area contributed by atoms with E-state index in [1.54, 1.807) is 12.1 Å². The van der Waals surface area contributed by atoms with Crippen molar-refractivity contribution in [2.24, 2.45) is 0 Å². The van der Waals surface area contributed by atoms with Gasteiger partial charge in [-0.25, -0.2) is 4.39 Å². The molecule has 1 N–H and O–H groups in total. The monoisotopic (exact) mass is 333 g/mol. The highest BCUT2D eigenvalue weighted by Crippen LogP contribution is 2.34. The van der Waals surface area contributed by atoms with Gasteiger partial charge in [-0.15, -0.1) is 0 Å². The summed E-state index contributed by atoms with van der Waals surface area (Å²) in [5, 5.41) is 3.62. The normalized spacial score (nSPS) is 18.9. The summed E-state index contributed by atoms with van der Waals surface area (Å²) in [6, 6.07) is 14.2. The molecule has 2 aromatic carbocycles. The van der Waals surface area contributed by atoms with Gasteiger partial charge in [0.1, 0.15) is 5.82 Å². The third kappa shape index (κ3) is 2.65. The van der Waals surface area contributed by atoms with Crippen molar-refractivity contribution < 1.29 is 4.39 Å². The lowest BCUT2D eigenvalue weighted by Gasteiger charge is -2.21. The van der Waals surface area contributed by atoms with Crippen LogP contribution in [0.2, 0.25) is 0 Å². The van der Waals surface area contributed by atoms with E-state index in [9.17, 15) is 4.39 Å². The van der Waals surface area contributed by atoms with Crippen molar-refractivity contribution in [1.29, 1.82) is 0 Å². The summed E-state index contributed by atoms with van der Waals surface area (Å²) in [6.45, 7) is 2.15. The van der Waals surface area contributed by atoms with Gasteiger partial charge in [-0.2, -0.15) is 0 Å². The fourth-order valence-electron chi connectivity index (χ4n) is 2.96. The van der Waals surface area contributed by atoms with Gasteiger partial charge in [-0.05, 0) is 54.7 Å². The van der Waals surface area contributed by atoms with Crippen molar-refractivity contribution in [3.05, 3.63) is 69.4 Å². The number of benzene rings is 2. The second-order valence-electron chi connectivity index (χ2n) is 5.34. The van der Waals surface area contributed by atoms with Gasteiger partial charge < -0.3 is 5.32 Å². The fourth-order valence-corrected chi connectivity index (χ4v) is 3.37. The van der Waals surface area contributed by atoms with Gasteiger partial charge in [0.15, 0.2) is 0 Å². The maximum Gasteiger partial charge on any atom is 0.126 e. The molecule has 0 saturated heterocycles. The van der Waals surface area contributed by atoms with E-state index in [1.807, 2.05) is 18.2 Å². The van der Waals surface area contributed by atoms with Crippen LogP contribution in [0, 0.1) is 5.82 Å². The Morgan fingerprint density at radius 1 is 1.25 bits per heavy atom. The van der Waals surface area contributed by atoms with E-state index in [4.69, 9.17) is 0 Å². The molecule has 0 aromatic heterocycles. The van der Waals surface area contributed by atoms with Crippen molar-refractivity contribution >= 4 is 15.9 Å². The molecule has 1 aliphatic rings. The zero-order valence-corrected chi connectivity index (χ0v) is 13.0. The van der Waals surface area contributed by atoms with E-state index < -0.39 is 0 Å². The van der Waals surface area contributed by atoms with Gasteiger partial charge in [0.2, 0.25) is 0 Å². The molecular weight excluding hydrogens is 317 g/mol. The van der Waals surface area contributed by atoms with Crippen molar-refractivity contribution in [1.82, 2.24) is 5.32 Å². The van der Waals surface area contributed by atoms with E-state index in [0.29, 0.717) is 0 Å². The number of rotatable bonds is 3. The van der Waals surface area contributed by atoms with E-state index in [0.717, 1.165) is 28.4 Å². The Morgan fingerprint density at radius 3 is 2.85 bits per heavy atom. The molecule has 3 heteroatoms. The Morgan fingerprint density at radius 2 is 2.05 bits per heavy atom. The number of hydrogen-bond donors (Lipinski definition) is 1. The van der Waals surface area contributed by atoms with Crippen LogP contribution in [0.3, 0.4) is 0 Å². The average molecular weight is 334 g/mol. The first-order valence-corrected chi connectivity index (χ1v) is 7.73. The molecule has 104 valence electrons. The molecule has 2 aromatic rings. The third-order valence-electron chi connectivity index (χ3n) is 4.01. The lowest BCUT2D eigenvalue weighted by molar-refractivity contribution is 0.465. The molecule has 0 amide bonds. The Balaban J connectivity index is 1.79. The minimum atomic E-state index is -0.0677. The maximum absolute atomic E-state index is 13.7. The first-order chi connectivity index (χ1) is 9.65. The van der Waals surface area contributed by atoms with E-state index in [2.05, 4.69) is 40.3 Å². The summed E-state index contributed by atoms with van der Waals surface area (Å²) in [7, 11) is 0. The van der Waals surface area contributed by atoms with Gasteiger partial charge >= 0.3 is 0 Å². The van der Waals surface area contributed by atoms with Crippen LogP contribution in [-0.4, -0.2) is 0 Å². The van der Waals surface area contributed by atoms with Crippen molar-refractivity contribution in [3.63, 3.8) is 0 Å². The average Bonchev–Trinajstić information content (AvgIpc) is 2.83. The van der Waals surface area contributed by atoms with Crippen LogP contribution < -0.4 is 5.32 Å². The molecule has 20 heavy (non-hydrogen) atoms. The van der Waals surface area contributed by atoms with Gasteiger partial charge in [0.05, 0.1) is 0 Å². The highest BCUT2D eigenvalue weighted by Gasteiger charge is 2.25. The predicted octanol–water partition coefficient (Wildman–Crippen LogP) is 4.93. The van der Waals surface area contributed by atoms with Gasteiger partial charge in [0.25, 0.3) is 0 Å². The molecule has 1 aliphatic carbocycles. The topological polar surface area (TPSA) is 12.0 Å². The summed E-state index contributed by atoms with van der Waals surface area (Å²) in [6.07, 6.45) is 1.79. The maximum atomic E-state index is 13.7. The van der Waals surface area contributed by atoms with Crippen LogP contribution in [0.1, 0.15) is 42.1 Å². The van der Waals surface area contributed by atoms with Crippen LogP contribution in [-0.2, 0) is 6.42 Å². The molecule has 0 radical (unpaired) electrons. The zero-order valence-electron chi connectivity index (χ0n) is 11.4. The standard InChI is InChI=1S/C17H17BrFN/c1-11(12-4-2-5-13(18)10-12)20-17-9-8-14-15(17)6-3-7-16(14)19/h2-7,10-11,17,20H,8-9H2,1H3/t11-,17?/m1/s1. The minimum Gasteiger partial charge on any atom is -0.303 e. The Kier molecular flexibility index (Phi) is 3.90. The predicted molar refractivity (Wildman–Crippen MR) is 83.2 cm³/mol. The number of halogens is 2. The molecule has 0 spiro atoms. The number of fused-ring (bicyclic) bond motifs is 1. The van der Waals surface area contributed by atoms with Crippen LogP contribution in [0.4, 0.5) is 4.39 Å². The summed E-state index contributed by atoms with van der Waals surface area (Å²) in [5.74, 6) is -0.0677. The van der Waals surface area contributed by atoms with Gasteiger partial charge in [-0.1, -0.05) is 40.2 Å². The second kappa shape index (κ2) is 5.66. The quantitative estimate of drug-likeness (QED) is 0.839. The third-order valence-corrected chi connectivity index (χ3v) is 4.51. The van der Waals surface area contributed by atoms with Crippen LogP contribution in [0.15, 0.2) is 46.9 Å². The fraction of sp³-hybridized carbons (Fsp3) is 0.294. The highest BCUT2D eigenvalue weighted by molar-refractivity contribution is 9.10. The molecular formula is C17H17BrFN. The summed E-state index contributed by atoms with van der Waals surface area (Å²) in [5.41, 5.74) is 3.24. The lowest BCUT2D eigenvalue weighted by Crippen LogP contribution is -2.23. The van der Waals surface area contributed by atoms with E-state index in [1.165, 1.54) is 5.56 Å². The zero-order chi connectivity index (χ0) is 14.1. The largest absolute Gasteiger partial charge is 0.303 e. The molecule has 2 atom stereocenters. The minimum absolute atomic E-state index is 0.0677. The van der Waals surface area contributed by atoms with Crippen LogP contribution >= 0.6 is 15.9 Å².